The number of rotatable bonds is 5. The lowest BCUT2D eigenvalue weighted by atomic mass is 10.1. The van der Waals surface area contributed by atoms with Gasteiger partial charge < -0.3 is 9.64 Å². The van der Waals surface area contributed by atoms with E-state index in [-0.39, 0.29) is 5.91 Å². The minimum atomic E-state index is -0.461. The number of pyridine rings is 1. The van der Waals surface area contributed by atoms with E-state index in [1.165, 1.54) is 0 Å². The van der Waals surface area contributed by atoms with E-state index in [1.54, 1.807) is 17.5 Å². The molecule has 29 heavy (non-hydrogen) atoms. The van der Waals surface area contributed by atoms with Crippen molar-refractivity contribution in [3.63, 3.8) is 0 Å². The molecule has 0 radical (unpaired) electrons. The van der Waals surface area contributed by atoms with Crippen LogP contribution >= 0.6 is 11.3 Å². The Morgan fingerprint density at radius 2 is 2.07 bits per heavy atom. The Balaban J connectivity index is 1.72. The Morgan fingerprint density at radius 1 is 1.24 bits per heavy atom. The summed E-state index contributed by atoms with van der Waals surface area (Å²) in [6.07, 6.45) is 2.26. The van der Waals surface area contributed by atoms with Crippen molar-refractivity contribution in [2.24, 2.45) is 5.92 Å². The first kappa shape index (κ1) is 19.6. The number of fused-ring (bicyclic) bond motifs is 1. The molecule has 1 aliphatic heterocycles. The molecule has 0 N–H and O–H groups in total. The molecule has 6 heteroatoms. The van der Waals surface area contributed by atoms with E-state index in [0.717, 1.165) is 44.7 Å². The van der Waals surface area contributed by atoms with Crippen molar-refractivity contribution >= 4 is 22.9 Å². The van der Waals surface area contributed by atoms with Crippen molar-refractivity contribution in [1.29, 1.82) is 0 Å². The van der Waals surface area contributed by atoms with Crippen molar-refractivity contribution < 1.29 is 9.53 Å². The molecule has 1 unspecified atom stereocenters. The summed E-state index contributed by atoms with van der Waals surface area (Å²) in [6.45, 7) is 8.91. The molecule has 4 rings (SSSR count). The van der Waals surface area contributed by atoms with Crippen LogP contribution < -0.4 is 9.64 Å². The van der Waals surface area contributed by atoms with E-state index in [2.05, 4.69) is 25.8 Å². The Kier molecular flexibility index (Phi) is 5.37. The number of ether oxygens (including phenoxy) is 1. The predicted octanol–water partition coefficient (Wildman–Crippen LogP) is 5.34. The first-order valence-electron chi connectivity index (χ1n) is 9.95. The zero-order valence-electron chi connectivity index (χ0n) is 17.2. The molecular weight excluding hydrogens is 382 g/mol. The minimum absolute atomic E-state index is 0.0134. The van der Waals surface area contributed by atoms with Crippen LogP contribution in [-0.2, 0) is 4.79 Å². The average Bonchev–Trinajstić information content (AvgIpc) is 3.10. The number of benzene rings is 1. The van der Waals surface area contributed by atoms with E-state index in [0.29, 0.717) is 12.5 Å². The Morgan fingerprint density at radius 3 is 2.79 bits per heavy atom. The smallest absolute Gasteiger partial charge is 0.267 e. The number of nitrogens with zero attached hydrogens (tertiary/aromatic N) is 3. The van der Waals surface area contributed by atoms with E-state index in [9.17, 15) is 4.79 Å². The quantitative estimate of drug-likeness (QED) is 0.573. The summed E-state index contributed by atoms with van der Waals surface area (Å²) in [5.41, 5.74) is 3.61. The first-order chi connectivity index (χ1) is 13.9. The fraction of sp³-hybridized carbons (Fsp3) is 0.348. The van der Waals surface area contributed by atoms with E-state index in [1.807, 2.05) is 48.2 Å². The van der Waals surface area contributed by atoms with Crippen molar-refractivity contribution in [1.82, 2.24) is 9.97 Å². The average molecular weight is 408 g/mol. The molecule has 1 atom stereocenters. The van der Waals surface area contributed by atoms with E-state index >= 15 is 0 Å². The monoisotopic (exact) mass is 407 g/mol. The van der Waals surface area contributed by atoms with Gasteiger partial charge in [0.2, 0.25) is 0 Å². The molecule has 0 saturated carbocycles. The SMILES string of the molecule is Cc1sc(-c2ccccn2)nc1-c1ccc2c(c1)N(CCC(C)C)C(=O)C(C)O2. The summed E-state index contributed by atoms with van der Waals surface area (Å²) in [7, 11) is 0. The van der Waals surface area contributed by atoms with Crippen LogP contribution in [0, 0.1) is 12.8 Å². The van der Waals surface area contributed by atoms with Gasteiger partial charge in [0.1, 0.15) is 10.8 Å². The highest BCUT2D eigenvalue weighted by atomic mass is 32.1. The summed E-state index contributed by atoms with van der Waals surface area (Å²) in [6, 6.07) is 11.8. The zero-order valence-corrected chi connectivity index (χ0v) is 18.0. The van der Waals surface area contributed by atoms with E-state index < -0.39 is 6.10 Å². The molecule has 0 saturated heterocycles. The Hall–Kier alpha value is -2.73. The fourth-order valence-corrected chi connectivity index (χ4v) is 4.35. The van der Waals surface area contributed by atoms with Crippen LogP contribution in [0.3, 0.4) is 0 Å². The van der Waals surface area contributed by atoms with Gasteiger partial charge in [-0.15, -0.1) is 11.3 Å². The second-order valence-corrected chi connectivity index (χ2v) is 8.96. The number of amides is 1. The van der Waals surface area contributed by atoms with Crippen LogP contribution in [-0.4, -0.2) is 28.5 Å². The molecular formula is C23H25N3O2S. The van der Waals surface area contributed by atoms with Gasteiger partial charge in [-0.3, -0.25) is 9.78 Å². The lowest BCUT2D eigenvalue weighted by Crippen LogP contribution is -2.45. The Labute approximate surface area is 175 Å². The molecule has 1 amide bonds. The molecule has 0 bridgehead atoms. The predicted molar refractivity (Wildman–Crippen MR) is 117 cm³/mol. The maximum absolute atomic E-state index is 12.8. The number of hydrogen-bond donors (Lipinski definition) is 0. The van der Waals surface area contributed by atoms with Crippen LogP contribution in [0.4, 0.5) is 5.69 Å². The van der Waals surface area contributed by atoms with Crippen molar-refractivity contribution in [2.45, 2.75) is 40.2 Å². The van der Waals surface area contributed by atoms with Crippen LogP contribution in [0.2, 0.25) is 0 Å². The second-order valence-electron chi connectivity index (χ2n) is 7.75. The van der Waals surface area contributed by atoms with E-state index in [4.69, 9.17) is 9.72 Å². The third-order valence-electron chi connectivity index (χ3n) is 5.05. The van der Waals surface area contributed by atoms with Crippen LogP contribution in [0.5, 0.6) is 5.75 Å². The van der Waals surface area contributed by atoms with Crippen LogP contribution in [0.15, 0.2) is 42.6 Å². The fourth-order valence-electron chi connectivity index (χ4n) is 3.44. The molecule has 1 aliphatic rings. The number of aryl methyl sites for hydroxylation is 1. The summed E-state index contributed by atoms with van der Waals surface area (Å²) in [5.74, 6) is 1.29. The van der Waals surface area contributed by atoms with Gasteiger partial charge >= 0.3 is 0 Å². The number of carbonyl (C=O) groups is 1. The number of thiazole rings is 1. The highest BCUT2D eigenvalue weighted by Gasteiger charge is 2.31. The van der Waals surface area contributed by atoms with Crippen LogP contribution in [0.25, 0.3) is 22.0 Å². The number of aromatic nitrogens is 2. The highest BCUT2D eigenvalue weighted by Crippen LogP contribution is 2.40. The second kappa shape index (κ2) is 7.95. The Bertz CT molecular complexity index is 1030. The van der Waals surface area contributed by atoms with Gasteiger partial charge in [0.05, 0.1) is 17.1 Å². The third-order valence-corrected chi connectivity index (χ3v) is 6.04. The van der Waals surface area contributed by atoms with Crippen molar-refractivity contribution in [3.8, 4) is 27.7 Å². The van der Waals surface area contributed by atoms with Gasteiger partial charge in [0, 0.05) is 23.2 Å². The lowest BCUT2D eigenvalue weighted by Gasteiger charge is -2.33. The topological polar surface area (TPSA) is 55.3 Å². The molecule has 0 fully saturated rings. The maximum Gasteiger partial charge on any atom is 0.267 e. The van der Waals surface area contributed by atoms with Crippen molar-refractivity contribution in [3.05, 3.63) is 47.5 Å². The van der Waals surface area contributed by atoms with Gasteiger partial charge in [-0.25, -0.2) is 4.98 Å². The molecule has 3 aromatic rings. The van der Waals surface area contributed by atoms with Crippen LogP contribution in [0.1, 0.15) is 32.1 Å². The third kappa shape index (κ3) is 3.90. The summed E-state index contributed by atoms with van der Waals surface area (Å²) in [5, 5.41) is 0.897. The van der Waals surface area contributed by atoms with Gasteiger partial charge in [-0.05, 0) is 56.5 Å². The molecule has 1 aromatic carbocycles. The standard InChI is InChI=1S/C23H25N3O2S/c1-14(2)10-12-26-19-13-17(8-9-20(19)28-15(3)23(26)27)21-16(4)29-22(25-21)18-7-5-6-11-24-18/h5-9,11,13-15H,10,12H2,1-4H3. The van der Waals surface area contributed by atoms with Gasteiger partial charge in [0.15, 0.2) is 6.10 Å². The highest BCUT2D eigenvalue weighted by molar-refractivity contribution is 7.15. The number of anilines is 1. The number of carbonyl (C=O) groups excluding carboxylic acids is 1. The molecule has 3 heterocycles. The molecule has 0 spiro atoms. The first-order valence-corrected chi connectivity index (χ1v) is 10.8. The van der Waals surface area contributed by atoms with Gasteiger partial charge in [0.25, 0.3) is 5.91 Å². The maximum atomic E-state index is 12.8. The summed E-state index contributed by atoms with van der Waals surface area (Å²) in [4.78, 5) is 25.0. The normalized spacial score (nSPS) is 16.1. The molecule has 150 valence electrons. The minimum Gasteiger partial charge on any atom is -0.479 e. The molecule has 5 nitrogen and oxygen atoms in total. The number of hydrogen-bond acceptors (Lipinski definition) is 5. The van der Waals surface area contributed by atoms with Gasteiger partial charge in [-0.1, -0.05) is 19.9 Å². The van der Waals surface area contributed by atoms with Crippen molar-refractivity contribution in [2.75, 3.05) is 11.4 Å². The molecule has 2 aromatic heterocycles. The summed E-state index contributed by atoms with van der Waals surface area (Å²) >= 11 is 1.63. The largest absolute Gasteiger partial charge is 0.479 e. The lowest BCUT2D eigenvalue weighted by molar-refractivity contribution is -0.125. The summed E-state index contributed by atoms with van der Waals surface area (Å²) < 4.78 is 5.86. The zero-order chi connectivity index (χ0) is 20.5. The molecule has 0 aliphatic carbocycles. The van der Waals surface area contributed by atoms with Gasteiger partial charge in [-0.2, -0.15) is 0 Å².